The first-order valence-corrected chi connectivity index (χ1v) is 7.86. The average Bonchev–Trinajstić information content (AvgIpc) is 2.64. The molecule has 5 atom stereocenters. The van der Waals surface area contributed by atoms with Crippen LogP contribution in [0.15, 0.2) is 48.5 Å². The summed E-state index contributed by atoms with van der Waals surface area (Å²) in [6.45, 7) is 0. The van der Waals surface area contributed by atoms with Crippen molar-refractivity contribution in [3.63, 3.8) is 0 Å². The third-order valence-electron chi connectivity index (χ3n) is 4.14. The van der Waals surface area contributed by atoms with E-state index in [1.807, 2.05) is 6.07 Å². The molecule has 0 spiro atoms. The van der Waals surface area contributed by atoms with Gasteiger partial charge in [0.05, 0.1) is 0 Å². The molecule has 0 bridgehead atoms. The largest absolute Gasteiger partial charge is 0.504 e. The van der Waals surface area contributed by atoms with Gasteiger partial charge in [-0.25, -0.2) is 4.79 Å². The van der Waals surface area contributed by atoms with E-state index in [1.54, 1.807) is 36.4 Å². The summed E-state index contributed by atoms with van der Waals surface area (Å²) >= 11 is 0. The number of aliphatic hydroxyl groups is 3. The molecule has 0 amide bonds. The van der Waals surface area contributed by atoms with Crippen molar-refractivity contribution in [2.45, 2.75) is 30.7 Å². The first-order chi connectivity index (χ1) is 12.4. The third-order valence-corrected chi connectivity index (χ3v) is 4.14. The predicted molar refractivity (Wildman–Crippen MR) is 88.5 cm³/mol. The molecule has 5 N–H and O–H groups in total. The lowest BCUT2D eigenvalue weighted by Gasteiger charge is -2.38. The second-order valence-electron chi connectivity index (χ2n) is 5.87. The van der Waals surface area contributed by atoms with Crippen LogP contribution in [0.3, 0.4) is 0 Å². The molecule has 0 radical (unpaired) electrons. The number of aliphatic hydroxyl groups excluding tert-OH is 3. The Bertz CT molecular complexity index is 778. The average molecular weight is 362 g/mol. The van der Waals surface area contributed by atoms with Gasteiger partial charge in [0.25, 0.3) is 0 Å². The topological polar surface area (TPSA) is 137 Å². The number of para-hydroxylation sites is 1. The highest BCUT2D eigenvalue weighted by Gasteiger charge is 2.48. The first-order valence-electron chi connectivity index (χ1n) is 7.86. The molecule has 0 saturated carbocycles. The molecule has 8 heteroatoms. The number of carboxylic acids is 1. The van der Waals surface area contributed by atoms with E-state index in [1.165, 1.54) is 6.07 Å². The summed E-state index contributed by atoms with van der Waals surface area (Å²) in [6, 6.07) is 13.7. The zero-order valence-electron chi connectivity index (χ0n) is 13.5. The zero-order chi connectivity index (χ0) is 18.8. The van der Waals surface area contributed by atoms with Crippen LogP contribution in [0.2, 0.25) is 0 Å². The van der Waals surface area contributed by atoms with Crippen LogP contribution in [-0.4, -0.2) is 62.2 Å². The summed E-state index contributed by atoms with van der Waals surface area (Å²) in [5.74, 6) is -1.82. The second-order valence-corrected chi connectivity index (χ2v) is 5.87. The fourth-order valence-corrected chi connectivity index (χ4v) is 2.74. The van der Waals surface area contributed by atoms with Gasteiger partial charge in [-0.15, -0.1) is 0 Å². The first kappa shape index (κ1) is 18.2. The molecule has 1 fully saturated rings. The predicted octanol–water partition coefficient (Wildman–Crippen LogP) is 0.330. The van der Waals surface area contributed by atoms with Crippen molar-refractivity contribution in [1.82, 2.24) is 0 Å². The summed E-state index contributed by atoms with van der Waals surface area (Å²) in [5, 5.41) is 49.1. The van der Waals surface area contributed by atoms with Crippen LogP contribution < -0.4 is 4.74 Å². The molecular weight excluding hydrogens is 344 g/mol. The van der Waals surface area contributed by atoms with E-state index < -0.39 is 36.7 Å². The normalized spacial score (nSPS) is 28.5. The minimum absolute atomic E-state index is 0.0665. The van der Waals surface area contributed by atoms with Crippen molar-refractivity contribution < 1.29 is 39.8 Å². The number of carboxylic acid groups (broad SMARTS) is 1. The number of aromatic hydroxyl groups is 1. The van der Waals surface area contributed by atoms with Gasteiger partial charge in [0.15, 0.2) is 17.6 Å². The van der Waals surface area contributed by atoms with E-state index in [4.69, 9.17) is 14.6 Å². The molecule has 0 aliphatic carbocycles. The van der Waals surface area contributed by atoms with Crippen molar-refractivity contribution in [1.29, 1.82) is 0 Å². The zero-order valence-corrected chi connectivity index (χ0v) is 13.5. The highest BCUT2D eigenvalue weighted by Crippen LogP contribution is 2.38. The Morgan fingerprint density at radius 2 is 1.62 bits per heavy atom. The van der Waals surface area contributed by atoms with E-state index in [0.29, 0.717) is 5.56 Å². The van der Waals surface area contributed by atoms with Crippen molar-refractivity contribution in [3.8, 4) is 22.6 Å². The molecule has 3 rings (SSSR count). The fraction of sp³-hybridized carbons (Fsp3) is 0.278. The number of phenols is 1. The molecule has 1 aliphatic heterocycles. The smallest absolute Gasteiger partial charge is 0.335 e. The second kappa shape index (κ2) is 7.30. The number of aliphatic carboxylic acids is 1. The lowest BCUT2D eigenvalue weighted by Crippen LogP contribution is -2.61. The van der Waals surface area contributed by atoms with E-state index in [-0.39, 0.29) is 11.5 Å². The van der Waals surface area contributed by atoms with E-state index in [9.17, 15) is 25.2 Å². The van der Waals surface area contributed by atoms with Gasteiger partial charge < -0.3 is 35.0 Å². The number of rotatable bonds is 4. The van der Waals surface area contributed by atoms with Crippen molar-refractivity contribution >= 4 is 5.97 Å². The van der Waals surface area contributed by atoms with Crippen LogP contribution in [0.25, 0.3) is 11.1 Å². The minimum atomic E-state index is -1.81. The number of phenolic OH excluding ortho intramolecular Hbond substituents is 1. The molecule has 2 aromatic rings. The third kappa shape index (κ3) is 3.35. The Balaban J connectivity index is 1.88. The summed E-state index contributed by atoms with van der Waals surface area (Å²) < 4.78 is 10.5. The molecule has 8 nitrogen and oxygen atoms in total. The van der Waals surface area contributed by atoms with Gasteiger partial charge in [-0.3, -0.25) is 0 Å². The number of hydrogen-bond donors (Lipinski definition) is 5. The lowest BCUT2D eigenvalue weighted by atomic mass is 9.99. The molecule has 1 heterocycles. The van der Waals surface area contributed by atoms with E-state index in [0.717, 1.165) is 5.56 Å². The highest BCUT2D eigenvalue weighted by molar-refractivity contribution is 5.74. The molecule has 2 aromatic carbocycles. The minimum Gasteiger partial charge on any atom is -0.504 e. The molecule has 0 aromatic heterocycles. The lowest BCUT2D eigenvalue weighted by molar-refractivity contribution is -0.271. The monoisotopic (exact) mass is 362 g/mol. The molecule has 1 aliphatic rings. The van der Waals surface area contributed by atoms with E-state index >= 15 is 0 Å². The van der Waals surface area contributed by atoms with Crippen LogP contribution >= 0.6 is 0 Å². The maximum absolute atomic E-state index is 11.1. The Kier molecular flexibility index (Phi) is 5.10. The number of benzene rings is 2. The van der Waals surface area contributed by atoms with Gasteiger partial charge in [-0.1, -0.05) is 42.5 Å². The standard InChI is InChI=1S/C18H18O8/c19-12-10(9-5-2-1-3-6-9)7-4-8-11(12)25-18-15(22)13(20)14(21)16(26-18)17(23)24/h1-8,13-16,18-22H,(H,23,24)/t13-,14-,15+,16-,18+/m0/s1. The van der Waals surface area contributed by atoms with Gasteiger partial charge in [-0.05, 0) is 11.6 Å². The number of carbonyl (C=O) groups is 1. The maximum atomic E-state index is 11.1. The summed E-state index contributed by atoms with van der Waals surface area (Å²) in [5.41, 5.74) is 1.18. The van der Waals surface area contributed by atoms with Gasteiger partial charge in [0.2, 0.25) is 6.29 Å². The van der Waals surface area contributed by atoms with Crippen LogP contribution in [0.5, 0.6) is 11.5 Å². The van der Waals surface area contributed by atoms with Gasteiger partial charge in [0.1, 0.15) is 18.3 Å². The summed E-state index contributed by atoms with van der Waals surface area (Å²) in [6.07, 6.45) is -8.68. The molecule has 1 saturated heterocycles. The molecule has 138 valence electrons. The van der Waals surface area contributed by atoms with Gasteiger partial charge >= 0.3 is 5.97 Å². The van der Waals surface area contributed by atoms with Crippen molar-refractivity contribution in [2.24, 2.45) is 0 Å². The SMILES string of the molecule is O=C(O)[C@H]1O[C@@H](Oc2cccc(-c3ccccc3)c2O)[C@H](O)[C@@H](O)[C@@H]1O. The Morgan fingerprint density at radius 1 is 0.923 bits per heavy atom. The Labute approximate surface area is 148 Å². The van der Waals surface area contributed by atoms with Crippen LogP contribution in [0.1, 0.15) is 0 Å². The fourth-order valence-electron chi connectivity index (χ4n) is 2.74. The molecule has 0 unspecified atom stereocenters. The van der Waals surface area contributed by atoms with Crippen molar-refractivity contribution in [2.75, 3.05) is 0 Å². The van der Waals surface area contributed by atoms with Crippen molar-refractivity contribution in [3.05, 3.63) is 48.5 Å². The van der Waals surface area contributed by atoms with Crippen LogP contribution in [-0.2, 0) is 9.53 Å². The number of hydrogen-bond acceptors (Lipinski definition) is 7. The number of ether oxygens (including phenoxy) is 2. The van der Waals surface area contributed by atoms with E-state index in [2.05, 4.69) is 0 Å². The highest BCUT2D eigenvalue weighted by atomic mass is 16.7. The Hall–Kier alpha value is -2.65. The quantitative estimate of drug-likeness (QED) is 0.525. The van der Waals surface area contributed by atoms with Crippen LogP contribution in [0.4, 0.5) is 0 Å². The maximum Gasteiger partial charge on any atom is 0.335 e. The molecular formula is C18H18O8. The van der Waals surface area contributed by atoms with Gasteiger partial charge in [0, 0.05) is 5.56 Å². The van der Waals surface area contributed by atoms with Crippen LogP contribution in [0, 0.1) is 0 Å². The summed E-state index contributed by atoms with van der Waals surface area (Å²) in [4.78, 5) is 11.1. The Morgan fingerprint density at radius 3 is 2.27 bits per heavy atom. The van der Waals surface area contributed by atoms with Gasteiger partial charge in [-0.2, -0.15) is 0 Å². The summed E-state index contributed by atoms with van der Waals surface area (Å²) in [7, 11) is 0. The molecule has 26 heavy (non-hydrogen) atoms.